The smallest absolute Gasteiger partial charge is 0.416 e. The zero-order chi connectivity index (χ0) is 35.4. The van der Waals surface area contributed by atoms with Crippen LogP contribution in [-0.2, 0) is 11.0 Å². The number of aromatic nitrogens is 1. The van der Waals surface area contributed by atoms with Gasteiger partial charge in [0.15, 0.2) is 30.6 Å². The van der Waals surface area contributed by atoms with Crippen LogP contribution in [0.1, 0.15) is 51.3 Å². The molecule has 248 valence electrons. The lowest BCUT2D eigenvalue weighted by molar-refractivity contribution is -0.605. The highest BCUT2D eigenvalue weighted by Crippen LogP contribution is 2.33. The van der Waals surface area contributed by atoms with Crippen LogP contribution < -0.4 is 20.1 Å². The van der Waals surface area contributed by atoms with Crippen LogP contribution in [0.3, 0.4) is 0 Å². The number of hydrogen-bond donors (Lipinski definition) is 2. The quantitative estimate of drug-likeness (QED) is 0.0694. The first kappa shape index (κ1) is 35.7. The Bertz CT molecular complexity index is 1990. The minimum absolute atomic E-state index is 0.00643. The van der Waals surface area contributed by atoms with Crippen LogP contribution in [-0.4, -0.2) is 29.7 Å². The third kappa shape index (κ3) is 8.99. The number of benzene rings is 3. The molecule has 2 N–H and O–H groups in total. The van der Waals surface area contributed by atoms with Crippen LogP contribution in [0, 0.1) is 28.7 Å². The summed E-state index contributed by atoms with van der Waals surface area (Å²) in [6.45, 7) is 2.34. The van der Waals surface area contributed by atoms with Crippen molar-refractivity contribution >= 4 is 46.5 Å². The van der Waals surface area contributed by atoms with Gasteiger partial charge in [0.05, 0.1) is 27.9 Å². The SMILES string of the molecule is CC(C)(C#Cc1ccc(NC(=O)COc2ccc(Cl)cc2C(=O)c2cc(F)cc(C(F)(F)F)c2)c(Cl)c1F)NC(=O)c1ccc[n+]([O-])c1. The molecule has 0 saturated carbocycles. The molecule has 0 unspecified atom stereocenters. The number of ether oxygens (including phenoxy) is 1. The molecule has 4 rings (SSSR count). The number of ketones is 1. The Morgan fingerprint density at radius 2 is 1.71 bits per heavy atom. The maximum absolute atomic E-state index is 15.1. The Morgan fingerprint density at radius 3 is 2.40 bits per heavy atom. The molecule has 0 radical (unpaired) electrons. The normalized spacial score (nSPS) is 11.3. The molecule has 0 aliphatic heterocycles. The predicted octanol–water partition coefficient (Wildman–Crippen LogP) is 6.73. The second-order valence-electron chi connectivity index (χ2n) is 10.6. The molecule has 1 heterocycles. The van der Waals surface area contributed by atoms with Gasteiger partial charge in [-0.2, -0.15) is 17.9 Å². The predicted molar refractivity (Wildman–Crippen MR) is 166 cm³/mol. The van der Waals surface area contributed by atoms with Crippen molar-refractivity contribution < 1.29 is 45.8 Å². The van der Waals surface area contributed by atoms with E-state index in [9.17, 15) is 37.2 Å². The molecule has 3 aromatic carbocycles. The minimum atomic E-state index is -4.92. The Balaban J connectivity index is 1.45. The van der Waals surface area contributed by atoms with Gasteiger partial charge in [0.25, 0.3) is 11.8 Å². The molecule has 0 saturated heterocycles. The summed E-state index contributed by atoms with van der Waals surface area (Å²) in [7, 11) is 0. The molecule has 15 heteroatoms. The summed E-state index contributed by atoms with van der Waals surface area (Å²) in [5.74, 6) is 0.254. The molecule has 0 spiro atoms. The molecule has 0 fully saturated rings. The van der Waals surface area contributed by atoms with Gasteiger partial charge in [-0.3, -0.25) is 14.4 Å². The van der Waals surface area contributed by atoms with Gasteiger partial charge in [-0.25, -0.2) is 8.78 Å². The topological polar surface area (TPSA) is 111 Å². The average Bonchev–Trinajstić information content (AvgIpc) is 3.01. The number of nitrogens with zero attached hydrogens (tertiary/aromatic N) is 1. The fourth-order valence-electron chi connectivity index (χ4n) is 4.12. The minimum Gasteiger partial charge on any atom is -0.619 e. The molecule has 2 amide bonds. The number of nitrogens with one attached hydrogen (secondary N) is 2. The van der Waals surface area contributed by atoms with Crippen molar-refractivity contribution in [2.24, 2.45) is 0 Å². The Kier molecular flexibility index (Phi) is 10.6. The molecule has 0 aliphatic rings. The van der Waals surface area contributed by atoms with Gasteiger partial charge in [0.1, 0.15) is 22.2 Å². The van der Waals surface area contributed by atoms with Crippen LogP contribution in [0.4, 0.5) is 27.6 Å². The summed E-state index contributed by atoms with van der Waals surface area (Å²) in [5.41, 5.74) is -3.77. The Labute approximate surface area is 280 Å². The number of rotatable bonds is 8. The first-order chi connectivity index (χ1) is 22.4. The van der Waals surface area contributed by atoms with Crippen molar-refractivity contribution in [2.75, 3.05) is 11.9 Å². The molecule has 48 heavy (non-hydrogen) atoms. The van der Waals surface area contributed by atoms with Gasteiger partial charge < -0.3 is 20.6 Å². The molecular formula is C33H22Cl2F5N3O5. The Hall–Kier alpha value is -5.19. The summed E-state index contributed by atoms with van der Waals surface area (Å²) in [5, 5.41) is 15.9. The largest absolute Gasteiger partial charge is 0.619 e. The number of carbonyl (C=O) groups is 3. The molecule has 0 atom stereocenters. The fourth-order valence-corrected chi connectivity index (χ4v) is 4.50. The number of carbonyl (C=O) groups excluding carboxylic acids is 3. The van der Waals surface area contributed by atoms with E-state index in [-0.39, 0.29) is 39.2 Å². The van der Waals surface area contributed by atoms with Gasteiger partial charge in [-0.05, 0) is 68.4 Å². The van der Waals surface area contributed by atoms with E-state index < -0.39 is 63.7 Å². The standard InChI is InChI=1S/C33H22Cl2F5N3O5/c1-32(2,42-31(46)19-4-3-11-43(47)16-19)10-9-18-5-7-25(28(35)29(18)37)41-27(44)17-48-26-8-6-22(34)15-24(26)30(45)20-12-21(33(38,39)40)14-23(36)13-20/h3-8,11-16H,17H2,1-2H3,(H,41,44)(H,42,46). The summed E-state index contributed by atoms with van der Waals surface area (Å²) in [6, 6.07) is 10.2. The molecule has 4 aromatic rings. The number of alkyl halides is 3. The molecular weight excluding hydrogens is 684 g/mol. The van der Waals surface area contributed by atoms with Crippen molar-refractivity contribution in [3.05, 3.63) is 128 Å². The lowest BCUT2D eigenvalue weighted by Crippen LogP contribution is -2.43. The van der Waals surface area contributed by atoms with Crippen LogP contribution >= 0.6 is 23.2 Å². The van der Waals surface area contributed by atoms with Crippen molar-refractivity contribution in [1.82, 2.24) is 5.32 Å². The van der Waals surface area contributed by atoms with E-state index in [0.29, 0.717) is 16.9 Å². The zero-order valence-electron chi connectivity index (χ0n) is 24.8. The first-order valence-corrected chi connectivity index (χ1v) is 14.4. The van der Waals surface area contributed by atoms with Crippen molar-refractivity contribution in [2.45, 2.75) is 25.6 Å². The highest BCUT2D eigenvalue weighted by atomic mass is 35.5. The maximum atomic E-state index is 15.1. The van der Waals surface area contributed by atoms with Gasteiger partial charge in [0, 0.05) is 16.7 Å². The monoisotopic (exact) mass is 705 g/mol. The second-order valence-corrected chi connectivity index (χ2v) is 11.4. The van der Waals surface area contributed by atoms with Crippen LogP contribution in [0.5, 0.6) is 5.75 Å². The van der Waals surface area contributed by atoms with Gasteiger partial charge in [-0.1, -0.05) is 35.0 Å². The van der Waals surface area contributed by atoms with E-state index in [4.69, 9.17) is 27.9 Å². The van der Waals surface area contributed by atoms with Crippen molar-refractivity contribution in [3.8, 4) is 17.6 Å². The molecule has 0 bridgehead atoms. The average molecular weight is 706 g/mol. The summed E-state index contributed by atoms with van der Waals surface area (Å²) in [6.07, 6.45) is -2.63. The Morgan fingerprint density at radius 1 is 0.979 bits per heavy atom. The van der Waals surface area contributed by atoms with Crippen LogP contribution in [0.15, 0.2) is 73.1 Å². The van der Waals surface area contributed by atoms with E-state index in [1.54, 1.807) is 13.8 Å². The number of halogens is 7. The zero-order valence-corrected chi connectivity index (χ0v) is 26.3. The van der Waals surface area contributed by atoms with Gasteiger partial charge in [-0.15, -0.1) is 0 Å². The number of pyridine rings is 1. The van der Waals surface area contributed by atoms with E-state index in [0.717, 1.165) is 12.3 Å². The van der Waals surface area contributed by atoms with E-state index in [1.807, 2.05) is 0 Å². The van der Waals surface area contributed by atoms with Gasteiger partial charge >= 0.3 is 6.18 Å². The van der Waals surface area contributed by atoms with Crippen LogP contribution in [0.2, 0.25) is 10.0 Å². The fraction of sp³-hybridized carbons (Fsp3) is 0.152. The van der Waals surface area contributed by atoms with E-state index >= 15 is 4.39 Å². The van der Waals surface area contributed by atoms with Crippen molar-refractivity contribution in [1.29, 1.82) is 0 Å². The molecule has 8 nitrogen and oxygen atoms in total. The van der Waals surface area contributed by atoms with E-state index in [1.165, 1.54) is 42.6 Å². The highest BCUT2D eigenvalue weighted by Gasteiger charge is 2.32. The van der Waals surface area contributed by atoms with E-state index in [2.05, 4.69) is 22.5 Å². The first-order valence-electron chi connectivity index (χ1n) is 13.6. The molecule has 1 aromatic heterocycles. The highest BCUT2D eigenvalue weighted by molar-refractivity contribution is 6.34. The third-order valence-electron chi connectivity index (χ3n) is 6.36. The third-order valence-corrected chi connectivity index (χ3v) is 6.97. The number of hydrogen-bond acceptors (Lipinski definition) is 5. The summed E-state index contributed by atoms with van der Waals surface area (Å²) in [4.78, 5) is 38.2. The van der Waals surface area contributed by atoms with Gasteiger partial charge in [0.2, 0.25) is 0 Å². The number of anilines is 1. The summed E-state index contributed by atoms with van der Waals surface area (Å²) < 4.78 is 74.5. The lowest BCUT2D eigenvalue weighted by atomic mass is 10.00. The van der Waals surface area contributed by atoms with Crippen molar-refractivity contribution in [3.63, 3.8) is 0 Å². The maximum Gasteiger partial charge on any atom is 0.416 e. The number of amides is 2. The second kappa shape index (κ2) is 14.3. The molecule has 0 aliphatic carbocycles. The lowest BCUT2D eigenvalue weighted by Gasteiger charge is -2.19. The van der Waals surface area contributed by atoms with Crippen LogP contribution in [0.25, 0.3) is 0 Å². The summed E-state index contributed by atoms with van der Waals surface area (Å²) >= 11 is 12.1.